The lowest BCUT2D eigenvalue weighted by molar-refractivity contribution is 0.529. The summed E-state index contributed by atoms with van der Waals surface area (Å²) < 4.78 is 14.2. The second kappa shape index (κ2) is 7.07. The van der Waals surface area contributed by atoms with Gasteiger partial charge in [-0.25, -0.2) is 4.39 Å². The topological polar surface area (TPSA) is 29.3 Å². The quantitative estimate of drug-likeness (QED) is 0.859. The molecule has 2 N–H and O–H groups in total. The zero-order valence-corrected chi connectivity index (χ0v) is 12.7. The minimum Gasteiger partial charge on any atom is -0.371 e. The molecule has 1 aliphatic heterocycles. The third-order valence-corrected chi connectivity index (χ3v) is 4.41. The molecule has 112 valence electrons. The van der Waals surface area contributed by atoms with Crippen LogP contribution in [0.1, 0.15) is 45.1 Å². The molecule has 0 bridgehead atoms. The van der Waals surface area contributed by atoms with E-state index < -0.39 is 0 Å². The average molecular weight is 278 g/mol. The van der Waals surface area contributed by atoms with Gasteiger partial charge in [0.1, 0.15) is 5.82 Å². The maximum atomic E-state index is 14.2. The first kappa shape index (κ1) is 15.3. The Bertz CT molecular complexity index is 433. The fourth-order valence-electron chi connectivity index (χ4n) is 3.15. The lowest BCUT2D eigenvalue weighted by Crippen LogP contribution is -2.26. The Kier molecular flexibility index (Phi) is 5.41. The number of benzene rings is 1. The Morgan fingerprint density at radius 2 is 2.20 bits per heavy atom. The van der Waals surface area contributed by atoms with Gasteiger partial charge >= 0.3 is 0 Å². The monoisotopic (exact) mass is 278 g/mol. The Hall–Kier alpha value is -1.09. The fraction of sp³-hybridized carbons (Fsp3) is 0.647. The van der Waals surface area contributed by atoms with Gasteiger partial charge in [0.15, 0.2) is 0 Å². The summed E-state index contributed by atoms with van der Waals surface area (Å²) in [5.74, 6) is 0.654. The molecule has 2 rings (SSSR count). The van der Waals surface area contributed by atoms with E-state index in [4.69, 9.17) is 5.73 Å². The molecular weight excluding hydrogens is 251 g/mol. The summed E-state index contributed by atoms with van der Waals surface area (Å²) >= 11 is 0. The second-order valence-corrected chi connectivity index (χ2v) is 6.00. The summed E-state index contributed by atoms with van der Waals surface area (Å²) in [6.07, 6.45) is 5.24. The Labute approximate surface area is 122 Å². The molecule has 2 atom stereocenters. The molecule has 20 heavy (non-hydrogen) atoms. The van der Waals surface area contributed by atoms with Crippen LogP contribution in [0.5, 0.6) is 0 Å². The second-order valence-electron chi connectivity index (χ2n) is 6.00. The fourth-order valence-corrected chi connectivity index (χ4v) is 3.15. The average Bonchev–Trinajstić information content (AvgIpc) is 2.89. The van der Waals surface area contributed by atoms with Crippen LogP contribution in [0, 0.1) is 11.7 Å². The molecule has 1 aliphatic rings. The SMILES string of the molecule is CCCC1CCN(c2cccc(F)c2CC(N)CC)C1. The van der Waals surface area contributed by atoms with Gasteiger partial charge in [0.25, 0.3) is 0 Å². The minimum atomic E-state index is -0.106. The summed E-state index contributed by atoms with van der Waals surface area (Å²) in [6.45, 7) is 6.39. The highest BCUT2D eigenvalue weighted by molar-refractivity contribution is 5.55. The molecule has 0 spiro atoms. The van der Waals surface area contributed by atoms with E-state index >= 15 is 0 Å². The standard InChI is InChI=1S/C17H27FN2/c1-3-6-13-9-10-20(12-13)17-8-5-7-16(18)15(17)11-14(19)4-2/h5,7-8,13-14H,3-4,6,9-12,19H2,1-2H3. The van der Waals surface area contributed by atoms with Gasteiger partial charge in [-0.3, -0.25) is 0 Å². The van der Waals surface area contributed by atoms with Crippen molar-refractivity contribution in [3.05, 3.63) is 29.6 Å². The van der Waals surface area contributed by atoms with Gasteiger partial charge in [0.05, 0.1) is 0 Å². The van der Waals surface area contributed by atoms with Crippen LogP contribution >= 0.6 is 0 Å². The van der Waals surface area contributed by atoms with Crippen LogP contribution in [0.3, 0.4) is 0 Å². The third-order valence-electron chi connectivity index (χ3n) is 4.41. The largest absolute Gasteiger partial charge is 0.371 e. The summed E-state index contributed by atoms with van der Waals surface area (Å²) in [4.78, 5) is 2.35. The molecule has 1 aromatic carbocycles. The van der Waals surface area contributed by atoms with E-state index in [2.05, 4.69) is 24.8 Å². The maximum Gasteiger partial charge on any atom is 0.128 e. The zero-order valence-electron chi connectivity index (χ0n) is 12.7. The Morgan fingerprint density at radius 3 is 2.90 bits per heavy atom. The lowest BCUT2D eigenvalue weighted by atomic mass is 10.0. The van der Waals surface area contributed by atoms with Crippen LogP contribution in [0.25, 0.3) is 0 Å². The van der Waals surface area contributed by atoms with Crippen LogP contribution in [0.2, 0.25) is 0 Å². The molecule has 0 saturated carbocycles. The summed E-state index contributed by atoms with van der Waals surface area (Å²) in [5.41, 5.74) is 7.90. The van der Waals surface area contributed by atoms with Crippen LogP contribution in [-0.2, 0) is 6.42 Å². The Balaban J connectivity index is 2.17. The number of rotatable bonds is 6. The van der Waals surface area contributed by atoms with Crippen LogP contribution in [0.15, 0.2) is 18.2 Å². The summed E-state index contributed by atoms with van der Waals surface area (Å²) in [6, 6.07) is 5.47. The molecule has 3 heteroatoms. The molecule has 0 radical (unpaired) electrons. The van der Waals surface area contributed by atoms with Crippen LogP contribution in [-0.4, -0.2) is 19.1 Å². The van der Waals surface area contributed by atoms with Crippen LogP contribution < -0.4 is 10.6 Å². The van der Waals surface area contributed by atoms with Crippen molar-refractivity contribution in [2.24, 2.45) is 11.7 Å². The van der Waals surface area contributed by atoms with Gasteiger partial charge in [0, 0.05) is 30.4 Å². The number of nitrogens with two attached hydrogens (primary N) is 1. The maximum absolute atomic E-state index is 14.2. The summed E-state index contributed by atoms with van der Waals surface area (Å²) in [5, 5.41) is 0. The highest BCUT2D eigenvalue weighted by atomic mass is 19.1. The first-order valence-corrected chi connectivity index (χ1v) is 7.93. The molecule has 1 aromatic rings. The molecule has 0 aromatic heterocycles. The van der Waals surface area contributed by atoms with E-state index in [0.717, 1.165) is 36.7 Å². The number of halogens is 1. The van der Waals surface area contributed by atoms with Crippen molar-refractivity contribution in [3.8, 4) is 0 Å². The van der Waals surface area contributed by atoms with Gasteiger partial charge in [0.2, 0.25) is 0 Å². The molecule has 1 heterocycles. The minimum absolute atomic E-state index is 0.0414. The van der Waals surface area contributed by atoms with E-state index in [1.54, 1.807) is 6.07 Å². The number of anilines is 1. The van der Waals surface area contributed by atoms with Crippen LogP contribution in [0.4, 0.5) is 10.1 Å². The predicted octanol–water partition coefficient (Wildman–Crippen LogP) is 3.73. The normalized spacial score (nSPS) is 20.4. The molecule has 1 fully saturated rings. The van der Waals surface area contributed by atoms with Gasteiger partial charge in [-0.15, -0.1) is 0 Å². The molecule has 0 aliphatic carbocycles. The highest BCUT2D eigenvalue weighted by Crippen LogP contribution is 2.31. The predicted molar refractivity (Wildman–Crippen MR) is 83.6 cm³/mol. The van der Waals surface area contributed by atoms with E-state index in [1.165, 1.54) is 19.3 Å². The van der Waals surface area contributed by atoms with Gasteiger partial charge in [-0.1, -0.05) is 26.3 Å². The van der Waals surface area contributed by atoms with E-state index in [-0.39, 0.29) is 11.9 Å². The van der Waals surface area contributed by atoms with Crippen molar-refractivity contribution in [2.75, 3.05) is 18.0 Å². The first-order chi connectivity index (χ1) is 9.65. The molecule has 0 amide bonds. The van der Waals surface area contributed by atoms with Crippen molar-refractivity contribution in [1.82, 2.24) is 0 Å². The van der Waals surface area contributed by atoms with Crippen molar-refractivity contribution < 1.29 is 4.39 Å². The Morgan fingerprint density at radius 1 is 1.40 bits per heavy atom. The molecule has 2 unspecified atom stereocenters. The van der Waals surface area contributed by atoms with Gasteiger partial charge < -0.3 is 10.6 Å². The summed E-state index contributed by atoms with van der Waals surface area (Å²) in [7, 11) is 0. The van der Waals surface area contributed by atoms with Crippen molar-refractivity contribution >= 4 is 5.69 Å². The number of nitrogens with zero attached hydrogens (tertiary/aromatic N) is 1. The van der Waals surface area contributed by atoms with Crippen molar-refractivity contribution in [2.45, 2.75) is 52.0 Å². The highest BCUT2D eigenvalue weighted by Gasteiger charge is 2.24. The van der Waals surface area contributed by atoms with Crippen molar-refractivity contribution in [3.63, 3.8) is 0 Å². The third kappa shape index (κ3) is 3.51. The van der Waals surface area contributed by atoms with E-state index in [1.807, 2.05) is 6.07 Å². The van der Waals surface area contributed by atoms with E-state index in [9.17, 15) is 4.39 Å². The van der Waals surface area contributed by atoms with Gasteiger partial charge in [-0.2, -0.15) is 0 Å². The molecular formula is C17H27FN2. The smallest absolute Gasteiger partial charge is 0.128 e. The zero-order chi connectivity index (χ0) is 14.5. The lowest BCUT2D eigenvalue weighted by Gasteiger charge is -2.24. The number of hydrogen-bond acceptors (Lipinski definition) is 2. The molecule has 1 saturated heterocycles. The molecule has 2 nitrogen and oxygen atoms in total. The van der Waals surface area contributed by atoms with E-state index in [0.29, 0.717) is 6.42 Å². The first-order valence-electron chi connectivity index (χ1n) is 7.93. The van der Waals surface area contributed by atoms with Crippen molar-refractivity contribution in [1.29, 1.82) is 0 Å². The van der Waals surface area contributed by atoms with Gasteiger partial charge in [-0.05, 0) is 43.7 Å². The number of hydrogen-bond donors (Lipinski definition) is 1.